The topological polar surface area (TPSA) is 33.3 Å². The van der Waals surface area contributed by atoms with Gasteiger partial charge in [-0.2, -0.15) is 0 Å². The van der Waals surface area contributed by atoms with Gasteiger partial charge < -0.3 is 15.4 Å². The van der Waals surface area contributed by atoms with Crippen LogP contribution in [0.3, 0.4) is 0 Å². The summed E-state index contributed by atoms with van der Waals surface area (Å²) in [5.74, 6) is 0.535. The maximum atomic E-state index is 5.02. The molecule has 0 unspecified atom stereocenters. The molecule has 0 aromatic carbocycles. The van der Waals surface area contributed by atoms with Crippen molar-refractivity contribution in [3.8, 4) is 0 Å². The highest BCUT2D eigenvalue weighted by atomic mass is 16.5. The number of ether oxygens (including phenoxy) is 1. The summed E-state index contributed by atoms with van der Waals surface area (Å²) in [6.07, 6.45) is 1.93. The quantitative estimate of drug-likeness (QED) is 0.592. The van der Waals surface area contributed by atoms with Crippen LogP contribution < -0.4 is 10.6 Å². The summed E-state index contributed by atoms with van der Waals surface area (Å²) in [6, 6.07) is 0. The molecule has 1 aliphatic rings. The zero-order valence-corrected chi connectivity index (χ0v) is 6.64. The van der Waals surface area contributed by atoms with E-state index in [9.17, 15) is 0 Å². The number of allylic oxidation sites excluding steroid dienone is 1. The monoisotopic (exact) mass is 142 g/mol. The Morgan fingerprint density at radius 3 is 2.60 bits per heavy atom. The lowest BCUT2D eigenvalue weighted by molar-refractivity contribution is 0.0744. The summed E-state index contributed by atoms with van der Waals surface area (Å²) in [6.45, 7) is 4.27. The van der Waals surface area contributed by atoms with E-state index in [1.165, 1.54) is 5.70 Å². The molecule has 1 aliphatic heterocycles. The fraction of sp³-hybridized carbons (Fsp3) is 0.714. The molecule has 0 spiro atoms. The van der Waals surface area contributed by atoms with Crippen molar-refractivity contribution < 1.29 is 4.74 Å². The fourth-order valence-electron chi connectivity index (χ4n) is 0.860. The van der Waals surface area contributed by atoms with Crippen LogP contribution in [0.5, 0.6) is 0 Å². The molecule has 0 aliphatic carbocycles. The SMILES string of the molecule is CO[C@@H]1NC=C(C(C)C)N1. The van der Waals surface area contributed by atoms with Gasteiger partial charge in [0.2, 0.25) is 6.35 Å². The van der Waals surface area contributed by atoms with Crippen molar-refractivity contribution in [1.82, 2.24) is 10.6 Å². The molecule has 0 aromatic heterocycles. The molecular weight excluding hydrogens is 128 g/mol. The molecule has 0 radical (unpaired) electrons. The Balaban J connectivity index is 2.39. The number of nitrogens with one attached hydrogen (secondary N) is 2. The van der Waals surface area contributed by atoms with Gasteiger partial charge in [-0.1, -0.05) is 13.8 Å². The maximum Gasteiger partial charge on any atom is 0.204 e. The third-order valence-corrected chi connectivity index (χ3v) is 1.55. The van der Waals surface area contributed by atoms with Gasteiger partial charge in [-0.05, 0) is 5.92 Å². The summed E-state index contributed by atoms with van der Waals surface area (Å²) in [5.41, 5.74) is 1.20. The normalized spacial score (nSPS) is 24.0. The van der Waals surface area contributed by atoms with Crippen molar-refractivity contribution in [2.24, 2.45) is 5.92 Å². The van der Waals surface area contributed by atoms with E-state index in [2.05, 4.69) is 24.5 Å². The van der Waals surface area contributed by atoms with Gasteiger partial charge in [-0.15, -0.1) is 0 Å². The van der Waals surface area contributed by atoms with E-state index >= 15 is 0 Å². The second-order valence-electron chi connectivity index (χ2n) is 2.68. The first-order chi connectivity index (χ1) is 4.74. The van der Waals surface area contributed by atoms with Gasteiger partial charge in [0.25, 0.3) is 0 Å². The average molecular weight is 142 g/mol. The van der Waals surface area contributed by atoms with Crippen LogP contribution >= 0.6 is 0 Å². The minimum absolute atomic E-state index is 0.0302. The Morgan fingerprint density at radius 1 is 1.60 bits per heavy atom. The summed E-state index contributed by atoms with van der Waals surface area (Å²) in [4.78, 5) is 0. The molecule has 0 bridgehead atoms. The van der Waals surface area contributed by atoms with Gasteiger partial charge in [0, 0.05) is 19.0 Å². The van der Waals surface area contributed by atoms with E-state index in [0.29, 0.717) is 5.92 Å². The van der Waals surface area contributed by atoms with Crippen molar-refractivity contribution in [1.29, 1.82) is 0 Å². The molecule has 3 heteroatoms. The molecule has 0 fully saturated rings. The van der Waals surface area contributed by atoms with Crippen LogP contribution in [0.15, 0.2) is 11.9 Å². The van der Waals surface area contributed by atoms with Crippen LogP contribution in [0.2, 0.25) is 0 Å². The second kappa shape index (κ2) is 2.92. The fourth-order valence-corrected chi connectivity index (χ4v) is 0.860. The largest absolute Gasteiger partial charge is 0.348 e. The average Bonchev–Trinajstić information content (AvgIpc) is 2.34. The predicted molar refractivity (Wildman–Crippen MR) is 40.0 cm³/mol. The van der Waals surface area contributed by atoms with Gasteiger partial charge in [0.15, 0.2) is 0 Å². The van der Waals surface area contributed by atoms with Crippen LogP contribution in [-0.4, -0.2) is 13.5 Å². The third kappa shape index (κ3) is 1.42. The van der Waals surface area contributed by atoms with E-state index in [1.807, 2.05) is 6.20 Å². The zero-order chi connectivity index (χ0) is 7.56. The van der Waals surface area contributed by atoms with E-state index in [-0.39, 0.29) is 6.35 Å². The van der Waals surface area contributed by atoms with Gasteiger partial charge in [0.05, 0.1) is 0 Å². The first-order valence-electron chi connectivity index (χ1n) is 3.49. The first kappa shape index (κ1) is 7.41. The van der Waals surface area contributed by atoms with Crippen LogP contribution in [0.4, 0.5) is 0 Å². The zero-order valence-electron chi connectivity index (χ0n) is 6.64. The van der Waals surface area contributed by atoms with Crippen molar-refractivity contribution in [3.05, 3.63) is 11.9 Å². The maximum absolute atomic E-state index is 5.02. The summed E-state index contributed by atoms with van der Waals surface area (Å²) in [5, 5.41) is 6.21. The minimum Gasteiger partial charge on any atom is -0.348 e. The molecule has 2 N–H and O–H groups in total. The predicted octanol–water partition coefficient (Wildman–Crippen LogP) is 0.607. The minimum atomic E-state index is -0.0302. The number of hydrogen-bond donors (Lipinski definition) is 2. The Bertz CT molecular complexity index is 143. The standard InChI is InChI=1S/C7H14N2O/c1-5(2)6-4-8-7(9-6)10-3/h4-5,7-9H,1-3H3/t7-/m1/s1. The smallest absolute Gasteiger partial charge is 0.204 e. The molecule has 0 aromatic rings. The molecule has 58 valence electrons. The Labute approximate surface area is 61.4 Å². The van der Waals surface area contributed by atoms with Crippen LogP contribution in [0.25, 0.3) is 0 Å². The summed E-state index contributed by atoms with van der Waals surface area (Å²) in [7, 11) is 1.67. The van der Waals surface area contributed by atoms with Crippen molar-refractivity contribution in [3.63, 3.8) is 0 Å². The first-order valence-corrected chi connectivity index (χ1v) is 3.49. The molecule has 1 atom stereocenters. The Hall–Kier alpha value is -0.700. The second-order valence-corrected chi connectivity index (χ2v) is 2.68. The number of hydrogen-bond acceptors (Lipinski definition) is 3. The highest BCUT2D eigenvalue weighted by Crippen LogP contribution is 2.09. The van der Waals surface area contributed by atoms with E-state index in [4.69, 9.17) is 4.74 Å². The van der Waals surface area contributed by atoms with Gasteiger partial charge in [-0.3, -0.25) is 0 Å². The molecule has 0 saturated carbocycles. The van der Waals surface area contributed by atoms with E-state index in [0.717, 1.165) is 0 Å². The number of methoxy groups -OCH3 is 1. The van der Waals surface area contributed by atoms with Crippen molar-refractivity contribution >= 4 is 0 Å². The lowest BCUT2D eigenvalue weighted by atomic mass is 10.2. The van der Waals surface area contributed by atoms with Gasteiger partial charge >= 0.3 is 0 Å². The Morgan fingerprint density at radius 2 is 2.30 bits per heavy atom. The van der Waals surface area contributed by atoms with E-state index in [1.54, 1.807) is 7.11 Å². The van der Waals surface area contributed by atoms with Gasteiger partial charge in [0.1, 0.15) is 0 Å². The van der Waals surface area contributed by atoms with Gasteiger partial charge in [-0.25, -0.2) is 0 Å². The van der Waals surface area contributed by atoms with Crippen molar-refractivity contribution in [2.75, 3.05) is 7.11 Å². The molecule has 1 rings (SSSR count). The molecular formula is C7H14N2O. The molecule has 0 amide bonds. The molecule has 0 saturated heterocycles. The molecule has 10 heavy (non-hydrogen) atoms. The van der Waals surface area contributed by atoms with Crippen LogP contribution in [0, 0.1) is 5.92 Å². The molecule has 1 heterocycles. The lowest BCUT2D eigenvalue weighted by Gasteiger charge is -2.12. The van der Waals surface area contributed by atoms with Crippen LogP contribution in [0.1, 0.15) is 13.8 Å². The molecule has 3 nitrogen and oxygen atoms in total. The van der Waals surface area contributed by atoms with Crippen molar-refractivity contribution in [2.45, 2.75) is 20.2 Å². The van der Waals surface area contributed by atoms with Crippen LogP contribution in [-0.2, 0) is 4.74 Å². The summed E-state index contributed by atoms with van der Waals surface area (Å²) >= 11 is 0. The lowest BCUT2D eigenvalue weighted by Crippen LogP contribution is -2.34. The number of rotatable bonds is 2. The highest BCUT2D eigenvalue weighted by Gasteiger charge is 2.14. The van der Waals surface area contributed by atoms with E-state index < -0.39 is 0 Å². The Kier molecular flexibility index (Phi) is 2.17. The highest BCUT2D eigenvalue weighted by molar-refractivity contribution is 5.06. The third-order valence-electron chi connectivity index (χ3n) is 1.55. The summed E-state index contributed by atoms with van der Waals surface area (Å²) < 4.78 is 5.02.